The SMILES string of the molecule is CC=CCOCc1ccc(-c2ccc(C=CC)cc2)cc1. The molecule has 0 unspecified atom stereocenters. The van der Waals surface area contributed by atoms with Crippen molar-refractivity contribution in [1.82, 2.24) is 0 Å². The van der Waals surface area contributed by atoms with Crippen LogP contribution >= 0.6 is 0 Å². The Labute approximate surface area is 127 Å². The van der Waals surface area contributed by atoms with E-state index in [-0.39, 0.29) is 0 Å². The number of ether oxygens (including phenoxy) is 1. The summed E-state index contributed by atoms with van der Waals surface area (Å²) in [6, 6.07) is 17.2. The van der Waals surface area contributed by atoms with E-state index in [2.05, 4.69) is 60.7 Å². The van der Waals surface area contributed by atoms with Crippen LogP contribution < -0.4 is 0 Å². The summed E-state index contributed by atoms with van der Waals surface area (Å²) in [5.74, 6) is 0. The molecule has 0 bridgehead atoms. The van der Waals surface area contributed by atoms with Gasteiger partial charge in [0.1, 0.15) is 0 Å². The first-order chi connectivity index (χ1) is 10.3. The summed E-state index contributed by atoms with van der Waals surface area (Å²) in [6.07, 6.45) is 8.17. The Hall–Kier alpha value is -2.12. The van der Waals surface area contributed by atoms with E-state index in [1.54, 1.807) is 0 Å². The van der Waals surface area contributed by atoms with E-state index in [1.165, 1.54) is 22.3 Å². The van der Waals surface area contributed by atoms with Gasteiger partial charge in [0, 0.05) is 0 Å². The molecule has 0 spiro atoms. The maximum atomic E-state index is 5.55. The zero-order valence-electron chi connectivity index (χ0n) is 12.8. The summed E-state index contributed by atoms with van der Waals surface area (Å²) in [5, 5.41) is 0. The average Bonchev–Trinajstić information content (AvgIpc) is 2.53. The van der Waals surface area contributed by atoms with Crippen LogP contribution in [0, 0.1) is 0 Å². The van der Waals surface area contributed by atoms with Crippen molar-refractivity contribution in [3.8, 4) is 11.1 Å². The van der Waals surface area contributed by atoms with Gasteiger partial charge in [-0.05, 0) is 36.1 Å². The highest BCUT2D eigenvalue weighted by atomic mass is 16.5. The topological polar surface area (TPSA) is 9.23 Å². The summed E-state index contributed by atoms with van der Waals surface area (Å²) >= 11 is 0. The van der Waals surface area contributed by atoms with Crippen LogP contribution in [0.4, 0.5) is 0 Å². The second-order valence-corrected chi connectivity index (χ2v) is 4.90. The lowest BCUT2D eigenvalue weighted by Gasteiger charge is -2.05. The van der Waals surface area contributed by atoms with Crippen molar-refractivity contribution in [2.24, 2.45) is 0 Å². The van der Waals surface area contributed by atoms with Crippen LogP contribution in [-0.2, 0) is 11.3 Å². The van der Waals surface area contributed by atoms with Crippen molar-refractivity contribution < 1.29 is 4.74 Å². The van der Waals surface area contributed by atoms with Crippen LogP contribution in [0.2, 0.25) is 0 Å². The van der Waals surface area contributed by atoms with Crippen molar-refractivity contribution in [1.29, 1.82) is 0 Å². The van der Waals surface area contributed by atoms with Gasteiger partial charge < -0.3 is 4.74 Å². The monoisotopic (exact) mass is 278 g/mol. The highest BCUT2D eigenvalue weighted by Crippen LogP contribution is 2.21. The lowest BCUT2D eigenvalue weighted by atomic mass is 10.0. The molecular weight excluding hydrogens is 256 g/mol. The number of benzene rings is 2. The number of allylic oxidation sites excluding steroid dienone is 2. The van der Waals surface area contributed by atoms with E-state index < -0.39 is 0 Å². The maximum Gasteiger partial charge on any atom is 0.0721 e. The molecule has 0 amide bonds. The van der Waals surface area contributed by atoms with Crippen molar-refractivity contribution in [2.75, 3.05) is 6.61 Å². The summed E-state index contributed by atoms with van der Waals surface area (Å²) in [6.45, 7) is 5.36. The molecule has 0 aromatic heterocycles. The van der Waals surface area contributed by atoms with Crippen LogP contribution in [0.15, 0.2) is 66.8 Å². The Morgan fingerprint density at radius 3 is 2.00 bits per heavy atom. The Morgan fingerprint density at radius 1 is 0.810 bits per heavy atom. The van der Waals surface area contributed by atoms with E-state index >= 15 is 0 Å². The Bertz CT molecular complexity index is 589. The van der Waals surface area contributed by atoms with Gasteiger partial charge in [0.2, 0.25) is 0 Å². The van der Waals surface area contributed by atoms with E-state index in [0.29, 0.717) is 13.2 Å². The first kappa shape index (κ1) is 15.3. The standard InChI is InChI=1S/C20H22O/c1-3-5-15-21-16-18-9-13-20(14-10-18)19-11-7-17(6-4-2)8-12-19/h3-14H,15-16H2,1-2H3. The van der Waals surface area contributed by atoms with Crippen molar-refractivity contribution in [3.63, 3.8) is 0 Å². The molecule has 0 saturated carbocycles. The zero-order chi connectivity index (χ0) is 14.9. The summed E-state index contributed by atoms with van der Waals surface area (Å²) in [4.78, 5) is 0. The third-order valence-corrected chi connectivity index (χ3v) is 3.28. The van der Waals surface area contributed by atoms with Gasteiger partial charge in [-0.2, -0.15) is 0 Å². The predicted octanol–water partition coefficient (Wildman–Crippen LogP) is 5.48. The van der Waals surface area contributed by atoms with Gasteiger partial charge in [0.15, 0.2) is 0 Å². The molecule has 0 heterocycles. The third-order valence-electron chi connectivity index (χ3n) is 3.28. The Morgan fingerprint density at radius 2 is 1.43 bits per heavy atom. The molecule has 21 heavy (non-hydrogen) atoms. The number of rotatable bonds is 6. The summed E-state index contributed by atoms with van der Waals surface area (Å²) < 4.78 is 5.55. The van der Waals surface area contributed by atoms with Gasteiger partial charge in [0.25, 0.3) is 0 Å². The third kappa shape index (κ3) is 4.73. The summed E-state index contributed by atoms with van der Waals surface area (Å²) in [7, 11) is 0. The van der Waals surface area contributed by atoms with Crippen LogP contribution in [0.5, 0.6) is 0 Å². The van der Waals surface area contributed by atoms with E-state index in [4.69, 9.17) is 4.74 Å². The maximum absolute atomic E-state index is 5.55. The van der Waals surface area contributed by atoms with Crippen molar-refractivity contribution >= 4 is 6.08 Å². The van der Waals surface area contributed by atoms with Gasteiger partial charge in [-0.1, -0.05) is 72.8 Å². The zero-order valence-corrected chi connectivity index (χ0v) is 12.8. The number of hydrogen-bond donors (Lipinski definition) is 0. The van der Waals surface area contributed by atoms with Crippen LogP contribution in [0.25, 0.3) is 17.2 Å². The molecule has 0 aliphatic carbocycles. The lowest BCUT2D eigenvalue weighted by Crippen LogP contribution is -1.92. The van der Waals surface area contributed by atoms with E-state index in [9.17, 15) is 0 Å². The Kier molecular flexibility index (Phi) is 5.99. The minimum atomic E-state index is 0.658. The highest BCUT2D eigenvalue weighted by Gasteiger charge is 1.98. The minimum Gasteiger partial charge on any atom is -0.373 e. The number of hydrogen-bond acceptors (Lipinski definition) is 1. The highest BCUT2D eigenvalue weighted by molar-refractivity contribution is 5.65. The van der Waals surface area contributed by atoms with Crippen LogP contribution in [0.3, 0.4) is 0 Å². The second-order valence-electron chi connectivity index (χ2n) is 4.90. The molecule has 2 aromatic rings. The fourth-order valence-electron chi connectivity index (χ4n) is 2.11. The molecule has 2 rings (SSSR count). The average molecular weight is 278 g/mol. The fraction of sp³-hybridized carbons (Fsp3) is 0.200. The van der Waals surface area contributed by atoms with Crippen molar-refractivity contribution in [3.05, 3.63) is 77.9 Å². The van der Waals surface area contributed by atoms with Crippen LogP contribution in [0.1, 0.15) is 25.0 Å². The van der Waals surface area contributed by atoms with Gasteiger partial charge in [-0.15, -0.1) is 0 Å². The van der Waals surface area contributed by atoms with Gasteiger partial charge in [-0.25, -0.2) is 0 Å². The first-order valence-electron chi connectivity index (χ1n) is 7.34. The molecule has 0 radical (unpaired) electrons. The quantitative estimate of drug-likeness (QED) is 0.502. The van der Waals surface area contributed by atoms with Gasteiger partial charge in [-0.3, -0.25) is 0 Å². The van der Waals surface area contributed by atoms with E-state index in [0.717, 1.165) is 0 Å². The lowest BCUT2D eigenvalue weighted by molar-refractivity contribution is 0.148. The minimum absolute atomic E-state index is 0.658. The fourth-order valence-corrected chi connectivity index (χ4v) is 2.11. The van der Waals surface area contributed by atoms with Gasteiger partial charge in [0.05, 0.1) is 13.2 Å². The molecule has 2 aromatic carbocycles. The van der Waals surface area contributed by atoms with Gasteiger partial charge >= 0.3 is 0 Å². The first-order valence-corrected chi connectivity index (χ1v) is 7.34. The predicted molar refractivity (Wildman–Crippen MR) is 91.1 cm³/mol. The molecule has 0 N–H and O–H groups in total. The molecular formula is C20H22O. The molecule has 0 aliphatic heterocycles. The summed E-state index contributed by atoms with van der Waals surface area (Å²) in [5.41, 5.74) is 4.91. The molecule has 0 saturated heterocycles. The molecule has 1 heteroatoms. The van der Waals surface area contributed by atoms with Crippen LogP contribution in [-0.4, -0.2) is 6.61 Å². The normalized spacial score (nSPS) is 11.5. The largest absolute Gasteiger partial charge is 0.373 e. The second kappa shape index (κ2) is 8.23. The van der Waals surface area contributed by atoms with E-state index in [1.807, 2.05) is 26.0 Å². The smallest absolute Gasteiger partial charge is 0.0721 e. The molecule has 108 valence electrons. The molecule has 1 nitrogen and oxygen atoms in total. The Balaban J connectivity index is 2.01. The van der Waals surface area contributed by atoms with Crippen molar-refractivity contribution in [2.45, 2.75) is 20.5 Å². The molecule has 0 atom stereocenters. The molecule has 0 fully saturated rings. The molecule has 0 aliphatic rings.